The molecule has 2 aromatic carbocycles. The molecule has 0 unspecified atom stereocenters. The van der Waals surface area contributed by atoms with Crippen LogP contribution in [0.4, 0.5) is 0 Å². The highest BCUT2D eigenvalue weighted by Gasteiger charge is 2.11. The average Bonchev–Trinajstić information content (AvgIpc) is 2.85. The molecule has 0 radical (unpaired) electrons. The minimum atomic E-state index is 0.611. The second-order valence-corrected chi connectivity index (χ2v) is 5.52. The molecule has 0 bridgehead atoms. The van der Waals surface area contributed by atoms with Crippen molar-refractivity contribution in [1.82, 2.24) is 0 Å². The Hall–Kier alpha value is -1.28. The van der Waals surface area contributed by atoms with E-state index in [-0.39, 0.29) is 0 Å². The Morgan fingerprint density at radius 1 is 1.00 bits per heavy atom. The van der Waals surface area contributed by atoms with Gasteiger partial charge in [0.2, 0.25) is 0 Å². The largest absolute Gasteiger partial charge is 0.489 e. The third kappa shape index (κ3) is 2.44. The van der Waals surface area contributed by atoms with Crippen LogP contribution in [0, 0.1) is 0 Å². The summed E-state index contributed by atoms with van der Waals surface area (Å²) in [6.07, 6.45) is 3.70. The predicted molar refractivity (Wildman–Crippen MR) is 76.9 cm³/mol. The van der Waals surface area contributed by atoms with Gasteiger partial charge < -0.3 is 4.74 Å². The molecule has 0 saturated heterocycles. The van der Waals surface area contributed by atoms with Gasteiger partial charge in [-0.3, -0.25) is 0 Å². The molecule has 18 heavy (non-hydrogen) atoms. The van der Waals surface area contributed by atoms with Gasteiger partial charge in [0, 0.05) is 10.0 Å². The van der Waals surface area contributed by atoms with Gasteiger partial charge >= 0.3 is 0 Å². The van der Waals surface area contributed by atoms with Crippen LogP contribution in [0.5, 0.6) is 5.75 Å². The summed E-state index contributed by atoms with van der Waals surface area (Å²) in [4.78, 5) is 0. The number of halogens is 1. The van der Waals surface area contributed by atoms with E-state index in [1.807, 2.05) is 18.2 Å². The normalized spacial score (nSPS) is 13.4. The van der Waals surface area contributed by atoms with E-state index >= 15 is 0 Å². The molecule has 1 aliphatic carbocycles. The monoisotopic (exact) mass is 302 g/mol. The molecule has 0 aliphatic heterocycles. The van der Waals surface area contributed by atoms with Crippen LogP contribution in [0.2, 0.25) is 0 Å². The minimum absolute atomic E-state index is 0.611. The van der Waals surface area contributed by atoms with Gasteiger partial charge in [-0.05, 0) is 48.6 Å². The molecule has 0 amide bonds. The molecule has 0 aromatic heterocycles. The fourth-order valence-electron chi connectivity index (χ4n) is 2.41. The summed E-state index contributed by atoms with van der Waals surface area (Å²) in [6, 6.07) is 14.7. The van der Waals surface area contributed by atoms with Crippen LogP contribution in [0.3, 0.4) is 0 Å². The van der Waals surface area contributed by atoms with Crippen LogP contribution in [0.15, 0.2) is 46.9 Å². The van der Waals surface area contributed by atoms with Gasteiger partial charge in [-0.15, -0.1) is 0 Å². The first kappa shape index (κ1) is 11.8. The second kappa shape index (κ2) is 5.15. The van der Waals surface area contributed by atoms with Crippen molar-refractivity contribution in [2.75, 3.05) is 0 Å². The quantitative estimate of drug-likeness (QED) is 0.810. The first-order chi connectivity index (χ1) is 8.83. The van der Waals surface area contributed by atoms with Crippen molar-refractivity contribution in [3.63, 3.8) is 0 Å². The molecular formula is C16H15BrO. The van der Waals surface area contributed by atoms with E-state index < -0.39 is 0 Å². The number of hydrogen-bond donors (Lipinski definition) is 0. The molecule has 0 saturated carbocycles. The van der Waals surface area contributed by atoms with Gasteiger partial charge in [0.1, 0.15) is 12.4 Å². The molecule has 0 spiro atoms. The van der Waals surface area contributed by atoms with Crippen molar-refractivity contribution in [2.24, 2.45) is 0 Å². The lowest BCUT2D eigenvalue weighted by Gasteiger charge is -2.09. The Labute approximate surface area is 116 Å². The van der Waals surface area contributed by atoms with Gasteiger partial charge in [-0.2, -0.15) is 0 Å². The van der Waals surface area contributed by atoms with E-state index in [1.165, 1.54) is 36.0 Å². The Balaban J connectivity index is 1.72. The lowest BCUT2D eigenvalue weighted by Crippen LogP contribution is -1.97. The van der Waals surface area contributed by atoms with E-state index in [4.69, 9.17) is 4.74 Å². The third-order valence-corrected chi connectivity index (χ3v) is 4.20. The third-order valence-electron chi connectivity index (χ3n) is 3.42. The minimum Gasteiger partial charge on any atom is -0.489 e. The zero-order valence-electron chi connectivity index (χ0n) is 10.2. The Morgan fingerprint density at radius 3 is 2.72 bits per heavy atom. The van der Waals surface area contributed by atoms with Crippen molar-refractivity contribution < 1.29 is 4.74 Å². The van der Waals surface area contributed by atoms with Crippen molar-refractivity contribution in [3.05, 3.63) is 63.6 Å². The van der Waals surface area contributed by atoms with Gasteiger partial charge in [0.15, 0.2) is 0 Å². The molecule has 0 atom stereocenters. The lowest BCUT2D eigenvalue weighted by atomic mass is 10.1. The highest BCUT2D eigenvalue weighted by atomic mass is 79.9. The van der Waals surface area contributed by atoms with Crippen LogP contribution < -0.4 is 4.74 Å². The predicted octanol–water partition coefficient (Wildman–Crippen LogP) is 4.52. The molecule has 2 aromatic rings. The van der Waals surface area contributed by atoms with Crippen LogP contribution in [-0.4, -0.2) is 0 Å². The molecule has 2 heteroatoms. The molecule has 0 heterocycles. The summed E-state index contributed by atoms with van der Waals surface area (Å²) < 4.78 is 6.97. The summed E-state index contributed by atoms with van der Waals surface area (Å²) >= 11 is 3.54. The van der Waals surface area contributed by atoms with Crippen molar-refractivity contribution in [3.8, 4) is 5.75 Å². The van der Waals surface area contributed by atoms with Crippen LogP contribution in [0.1, 0.15) is 23.1 Å². The summed E-state index contributed by atoms with van der Waals surface area (Å²) in [5.41, 5.74) is 4.13. The van der Waals surface area contributed by atoms with Gasteiger partial charge in [-0.25, -0.2) is 0 Å². The Kier molecular flexibility index (Phi) is 3.37. The second-order valence-electron chi connectivity index (χ2n) is 4.66. The number of hydrogen-bond acceptors (Lipinski definition) is 1. The van der Waals surface area contributed by atoms with E-state index in [2.05, 4.69) is 40.2 Å². The fraction of sp³-hybridized carbons (Fsp3) is 0.250. The number of ether oxygens (including phenoxy) is 1. The van der Waals surface area contributed by atoms with Crippen LogP contribution in [0.25, 0.3) is 0 Å². The zero-order valence-corrected chi connectivity index (χ0v) is 11.7. The molecule has 92 valence electrons. The molecular weight excluding hydrogens is 288 g/mol. The average molecular weight is 303 g/mol. The van der Waals surface area contributed by atoms with E-state index in [1.54, 1.807) is 0 Å². The van der Waals surface area contributed by atoms with Gasteiger partial charge in [-0.1, -0.05) is 40.2 Å². The SMILES string of the molecule is Brc1ccccc1COc1ccc2c(c1)CCC2. The summed E-state index contributed by atoms with van der Waals surface area (Å²) in [5, 5.41) is 0. The van der Waals surface area contributed by atoms with E-state index in [0.717, 1.165) is 10.2 Å². The smallest absolute Gasteiger partial charge is 0.120 e. The van der Waals surface area contributed by atoms with Crippen LogP contribution >= 0.6 is 15.9 Å². The summed E-state index contributed by atoms with van der Waals surface area (Å²) in [6.45, 7) is 0.611. The molecule has 0 fully saturated rings. The fourth-order valence-corrected chi connectivity index (χ4v) is 2.81. The maximum absolute atomic E-state index is 5.87. The Bertz CT molecular complexity index is 563. The molecule has 3 rings (SSSR count). The number of rotatable bonds is 3. The first-order valence-corrected chi connectivity index (χ1v) is 7.10. The lowest BCUT2D eigenvalue weighted by molar-refractivity contribution is 0.305. The topological polar surface area (TPSA) is 9.23 Å². The molecule has 1 aliphatic rings. The van der Waals surface area contributed by atoms with Crippen molar-refractivity contribution in [2.45, 2.75) is 25.9 Å². The standard InChI is InChI=1S/C16H15BrO/c17-16-7-2-1-4-14(16)11-18-15-9-8-12-5-3-6-13(12)10-15/h1-2,4,7-10H,3,5-6,11H2. The van der Waals surface area contributed by atoms with Crippen LogP contribution in [-0.2, 0) is 19.4 Å². The summed E-state index contributed by atoms with van der Waals surface area (Å²) in [5.74, 6) is 0.978. The first-order valence-electron chi connectivity index (χ1n) is 6.31. The maximum Gasteiger partial charge on any atom is 0.120 e. The molecule has 1 nitrogen and oxygen atoms in total. The number of benzene rings is 2. The maximum atomic E-state index is 5.87. The highest BCUT2D eigenvalue weighted by molar-refractivity contribution is 9.10. The number of fused-ring (bicyclic) bond motifs is 1. The summed E-state index contributed by atoms with van der Waals surface area (Å²) in [7, 11) is 0. The highest BCUT2D eigenvalue weighted by Crippen LogP contribution is 2.27. The van der Waals surface area contributed by atoms with E-state index in [0.29, 0.717) is 6.61 Å². The Morgan fingerprint density at radius 2 is 1.83 bits per heavy atom. The van der Waals surface area contributed by atoms with E-state index in [9.17, 15) is 0 Å². The van der Waals surface area contributed by atoms with Crippen molar-refractivity contribution in [1.29, 1.82) is 0 Å². The number of aryl methyl sites for hydroxylation is 2. The van der Waals surface area contributed by atoms with Crippen molar-refractivity contribution >= 4 is 15.9 Å². The van der Waals surface area contributed by atoms with Gasteiger partial charge in [0.05, 0.1) is 0 Å². The van der Waals surface area contributed by atoms with Gasteiger partial charge in [0.25, 0.3) is 0 Å². The molecule has 0 N–H and O–H groups in total. The zero-order chi connectivity index (χ0) is 12.4.